The summed E-state index contributed by atoms with van der Waals surface area (Å²) in [4.78, 5) is 0. The highest BCUT2D eigenvalue weighted by atomic mass is 79.9. The Morgan fingerprint density at radius 1 is 1.20 bits per heavy atom. The van der Waals surface area contributed by atoms with Crippen molar-refractivity contribution in [2.75, 3.05) is 7.11 Å². The average Bonchev–Trinajstić information content (AvgIpc) is 2.47. The number of aliphatic hydroxyl groups is 1. The molecule has 0 aliphatic heterocycles. The molecule has 0 amide bonds. The molecule has 0 heterocycles. The van der Waals surface area contributed by atoms with E-state index in [1.807, 2.05) is 24.3 Å². The van der Waals surface area contributed by atoms with Gasteiger partial charge in [-0.05, 0) is 54.3 Å². The summed E-state index contributed by atoms with van der Waals surface area (Å²) in [6.07, 6.45) is 0.560. The van der Waals surface area contributed by atoms with Gasteiger partial charge in [0.25, 0.3) is 0 Å². The molecule has 0 aromatic heterocycles. The van der Waals surface area contributed by atoms with Gasteiger partial charge in [-0.3, -0.25) is 0 Å². The monoisotopic (exact) mass is 338 g/mol. The van der Waals surface area contributed by atoms with Crippen molar-refractivity contribution in [2.24, 2.45) is 0 Å². The van der Waals surface area contributed by atoms with Crippen LogP contribution in [0.25, 0.3) is 0 Å². The molecule has 0 aliphatic rings. The molecule has 0 fully saturated rings. The van der Waals surface area contributed by atoms with Gasteiger partial charge in [0, 0.05) is 4.47 Å². The highest BCUT2D eigenvalue weighted by Crippen LogP contribution is 2.27. The molecule has 0 bridgehead atoms. The third-order valence-corrected chi connectivity index (χ3v) is 3.90. The van der Waals surface area contributed by atoms with Crippen molar-refractivity contribution in [2.45, 2.75) is 18.9 Å². The predicted octanol–water partition coefficient (Wildman–Crippen LogP) is 4.26. The van der Waals surface area contributed by atoms with Crippen molar-refractivity contribution in [3.05, 3.63) is 63.9 Å². The van der Waals surface area contributed by atoms with Gasteiger partial charge in [-0.15, -0.1) is 0 Å². The molecule has 20 heavy (non-hydrogen) atoms. The van der Waals surface area contributed by atoms with E-state index in [0.717, 1.165) is 15.8 Å². The van der Waals surface area contributed by atoms with Gasteiger partial charge in [-0.25, -0.2) is 4.39 Å². The maximum atomic E-state index is 13.2. The first kappa shape index (κ1) is 15.0. The molecule has 4 heteroatoms. The molecule has 2 aromatic carbocycles. The van der Waals surface area contributed by atoms with E-state index in [-0.39, 0.29) is 5.82 Å². The number of rotatable bonds is 5. The van der Waals surface area contributed by atoms with Crippen LogP contribution in [0, 0.1) is 5.82 Å². The van der Waals surface area contributed by atoms with Crippen LogP contribution in [0.1, 0.15) is 23.7 Å². The largest absolute Gasteiger partial charge is 0.497 e. The Hall–Kier alpha value is -1.39. The zero-order chi connectivity index (χ0) is 14.5. The van der Waals surface area contributed by atoms with Gasteiger partial charge in [0.15, 0.2) is 0 Å². The number of aryl methyl sites for hydroxylation is 1. The molecule has 1 N–H and O–H groups in total. The van der Waals surface area contributed by atoms with E-state index in [1.165, 1.54) is 12.1 Å². The highest BCUT2D eigenvalue weighted by Gasteiger charge is 2.12. The molecule has 2 nitrogen and oxygen atoms in total. The second kappa shape index (κ2) is 6.86. The van der Waals surface area contributed by atoms with E-state index in [2.05, 4.69) is 15.9 Å². The lowest BCUT2D eigenvalue weighted by atomic mass is 10.0. The Labute approximate surface area is 126 Å². The van der Waals surface area contributed by atoms with Gasteiger partial charge in [0.2, 0.25) is 0 Å². The summed E-state index contributed by atoms with van der Waals surface area (Å²) in [5.74, 6) is 0.467. The van der Waals surface area contributed by atoms with Gasteiger partial charge in [-0.1, -0.05) is 28.1 Å². The van der Waals surface area contributed by atoms with Crippen LogP contribution < -0.4 is 4.74 Å². The number of hydrogen-bond acceptors (Lipinski definition) is 2. The summed E-state index contributed by atoms with van der Waals surface area (Å²) >= 11 is 3.33. The zero-order valence-corrected chi connectivity index (χ0v) is 12.7. The SMILES string of the molecule is COc1ccc(CCC(O)c2cc(F)ccc2Br)cc1. The minimum Gasteiger partial charge on any atom is -0.497 e. The summed E-state index contributed by atoms with van der Waals surface area (Å²) in [7, 11) is 1.63. The molecule has 1 unspecified atom stereocenters. The quantitative estimate of drug-likeness (QED) is 0.882. The van der Waals surface area contributed by atoms with Crippen LogP contribution in [0.15, 0.2) is 46.9 Å². The summed E-state index contributed by atoms with van der Waals surface area (Å²) in [5.41, 5.74) is 1.69. The molecule has 0 radical (unpaired) electrons. The number of benzene rings is 2. The molecule has 0 saturated carbocycles. The molecular formula is C16H16BrFO2. The molecular weight excluding hydrogens is 323 g/mol. The van der Waals surface area contributed by atoms with E-state index in [4.69, 9.17) is 4.74 Å². The smallest absolute Gasteiger partial charge is 0.123 e. The molecule has 0 spiro atoms. The second-order valence-corrected chi connectivity index (χ2v) is 5.42. The second-order valence-electron chi connectivity index (χ2n) is 4.57. The maximum Gasteiger partial charge on any atom is 0.123 e. The number of aliphatic hydroxyl groups excluding tert-OH is 1. The lowest BCUT2D eigenvalue weighted by Gasteiger charge is -2.13. The lowest BCUT2D eigenvalue weighted by molar-refractivity contribution is 0.166. The summed E-state index contributed by atoms with van der Waals surface area (Å²) in [5, 5.41) is 10.2. The fraction of sp³-hybridized carbons (Fsp3) is 0.250. The third-order valence-electron chi connectivity index (χ3n) is 3.18. The third kappa shape index (κ3) is 3.81. The Kier molecular flexibility index (Phi) is 5.15. The standard InChI is InChI=1S/C16H16BrFO2/c1-20-13-6-2-11(3-7-13)4-9-16(19)14-10-12(18)5-8-15(14)17/h2-3,5-8,10,16,19H,4,9H2,1H3. The van der Waals surface area contributed by atoms with Crippen LogP contribution in [-0.4, -0.2) is 12.2 Å². The van der Waals surface area contributed by atoms with Crippen molar-refractivity contribution < 1.29 is 14.2 Å². The van der Waals surface area contributed by atoms with Crippen LogP contribution in [0.3, 0.4) is 0 Å². The minimum atomic E-state index is -0.692. The van der Waals surface area contributed by atoms with Crippen LogP contribution in [0.5, 0.6) is 5.75 Å². The molecule has 0 saturated heterocycles. The Bertz CT molecular complexity index is 569. The van der Waals surface area contributed by atoms with Gasteiger partial charge in [0.1, 0.15) is 11.6 Å². The molecule has 2 rings (SSSR count). The lowest BCUT2D eigenvalue weighted by Crippen LogP contribution is -2.01. The predicted molar refractivity (Wildman–Crippen MR) is 80.4 cm³/mol. The average molecular weight is 339 g/mol. The first-order valence-corrected chi connectivity index (χ1v) is 7.15. The van der Waals surface area contributed by atoms with Crippen LogP contribution in [-0.2, 0) is 6.42 Å². The van der Waals surface area contributed by atoms with E-state index >= 15 is 0 Å². The van der Waals surface area contributed by atoms with Crippen molar-refractivity contribution in [3.63, 3.8) is 0 Å². The molecule has 2 aromatic rings. The fourth-order valence-corrected chi connectivity index (χ4v) is 2.53. The maximum absolute atomic E-state index is 13.2. The van der Waals surface area contributed by atoms with Gasteiger partial charge in [0.05, 0.1) is 13.2 Å². The number of ether oxygens (including phenoxy) is 1. The highest BCUT2D eigenvalue weighted by molar-refractivity contribution is 9.10. The van der Waals surface area contributed by atoms with E-state index in [9.17, 15) is 9.50 Å². The topological polar surface area (TPSA) is 29.5 Å². The number of methoxy groups -OCH3 is 1. The van der Waals surface area contributed by atoms with Crippen molar-refractivity contribution in [1.29, 1.82) is 0 Å². The molecule has 106 valence electrons. The Morgan fingerprint density at radius 3 is 2.55 bits per heavy atom. The van der Waals surface area contributed by atoms with Gasteiger partial charge in [-0.2, -0.15) is 0 Å². The first-order valence-electron chi connectivity index (χ1n) is 6.36. The van der Waals surface area contributed by atoms with Crippen LogP contribution >= 0.6 is 15.9 Å². The zero-order valence-electron chi connectivity index (χ0n) is 11.1. The van der Waals surface area contributed by atoms with Crippen molar-refractivity contribution in [1.82, 2.24) is 0 Å². The normalized spacial score (nSPS) is 12.2. The van der Waals surface area contributed by atoms with E-state index in [0.29, 0.717) is 18.4 Å². The summed E-state index contributed by atoms with van der Waals surface area (Å²) in [6.45, 7) is 0. The summed E-state index contributed by atoms with van der Waals surface area (Å²) in [6, 6.07) is 12.0. The van der Waals surface area contributed by atoms with E-state index < -0.39 is 6.10 Å². The molecule has 0 aliphatic carbocycles. The Balaban J connectivity index is 2.00. The first-order chi connectivity index (χ1) is 9.60. The number of hydrogen-bond donors (Lipinski definition) is 1. The minimum absolute atomic E-state index is 0.341. The van der Waals surface area contributed by atoms with Crippen LogP contribution in [0.2, 0.25) is 0 Å². The van der Waals surface area contributed by atoms with Crippen LogP contribution in [0.4, 0.5) is 4.39 Å². The molecule has 1 atom stereocenters. The van der Waals surface area contributed by atoms with Gasteiger partial charge >= 0.3 is 0 Å². The van der Waals surface area contributed by atoms with E-state index in [1.54, 1.807) is 13.2 Å². The Morgan fingerprint density at radius 2 is 1.90 bits per heavy atom. The number of halogens is 2. The fourth-order valence-electron chi connectivity index (χ4n) is 2.02. The van der Waals surface area contributed by atoms with Gasteiger partial charge < -0.3 is 9.84 Å². The van der Waals surface area contributed by atoms with Crippen molar-refractivity contribution >= 4 is 15.9 Å². The van der Waals surface area contributed by atoms with Crippen molar-refractivity contribution in [3.8, 4) is 5.75 Å². The summed E-state index contributed by atoms with van der Waals surface area (Å²) < 4.78 is 19.0.